The number of Topliss-reactive ketones (excluding diaryl/α,β-unsaturated/α-hetero) is 1. The van der Waals surface area contributed by atoms with Gasteiger partial charge in [0.2, 0.25) is 0 Å². The number of anilines is 1. The van der Waals surface area contributed by atoms with Crippen LogP contribution in [-0.4, -0.2) is 48.6 Å². The summed E-state index contributed by atoms with van der Waals surface area (Å²) in [6.45, 7) is 14.9. The molecule has 2 fully saturated rings. The molecule has 3 atom stereocenters. The molecular weight excluding hydrogens is 372 g/mol. The van der Waals surface area contributed by atoms with Crippen molar-refractivity contribution in [2.45, 2.75) is 83.7 Å². The highest BCUT2D eigenvalue weighted by atomic mass is 16.5. The number of hydrogen-bond acceptors (Lipinski definition) is 4. The van der Waals surface area contributed by atoms with Crippen molar-refractivity contribution >= 4 is 11.5 Å². The highest BCUT2D eigenvalue weighted by molar-refractivity contribution is 6.04. The summed E-state index contributed by atoms with van der Waals surface area (Å²) in [7, 11) is 0. The van der Waals surface area contributed by atoms with Gasteiger partial charge in [-0.1, -0.05) is 27.2 Å². The lowest BCUT2D eigenvalue weighted by molar-refractivity contribution is 0.0266. The molecule has 1 heterocycles. The maximum atomic E-state index is 13.5. The molecular formula is C26H40N2O2. The fourth-order valence-corrected chi connectivity index (χ4v) is 5.49. The zero-order valence-electron chi connectivity index (χ0n) is 19.6. The smallest absolute Gasteiger partial charge is 0.180 e. The van der Waals surface area contributed by atoms with E-state index in [0.717, 1.165) is 56.1 Å². The average Bonchev–Trinajstić information content (AvgIpc) is 3.51. The van der Waals surface area contributed by atoms with Gasteiger partial charge in [-0.15, -0.1) is 0 Å². The Balaban J connectivity index is 1.54. The van der Waals surface area contributed by atoms with Crippen LogP contribution in [0.5, 0.6) is 0 Å². The predicted octanol–water partition coefficient (Wildman–Crippen LogP) is 5.27. The molecule has 4 rings (SSSR count). The SMILES string of the molecule is CCCCOCC(C)(C)Nc1ccc2c(c1)[C@]1(C)CCN(CC3CC3)[C@H](C2=O)[C@@H]1C. The molecule has 1 aromatic carbocycles. The normalized spacial score (nSPS) is 29.0. The largest absolute Gasteiger partial charge is 0.379 e. The van der Waals surface area contributed by atoms with Crippen molar-refractivity contribution in [3.63, 3.8) is 0 Å². The molecule has 4 heteroatoms. The van der Waals surface area contributed by atoms with Gasteiger partial charge in [0.1, 0.15) is 0 Å². The first-order valence-corrected chi connectivity index (χ1v) is 12.0. The summed E-state index contributed by atoms with van der Waals surface area (Å²) in [6.07, 6.45) is 6.07. The number of unbranched alkanes of at least 4 members (excludes halogenated alkanes) is 1. The summed E-state index contributed by atoms with van der Waals surface area (Å²) in [6, 6.07) is 6.47. The zero-order valence-corrected chi connectivity index (χ0v) is 19.6. The number of benzene rings is 1. The molecule has 2 bridgehead atoms. The van der Waals surface area contributed by atoms with Crippen LogP contribution in [0, 0.1) is 11.8 Å². The van der Waals surface area contributed by atoms with Crippen LogP contribution < -0.4 is 5.32 Å². The lowest BCUT2D eigenvalue weighted by Crippen LogP contribution is -2.61. The van der Waals surface area contributed by atoms with E-state index in [-0.39, 0.29) is 17.0 Å². The standard InChI is InChI=1S/C26H40N2O2/c1-6-7-14-30-17-25(3,4)27-20-10-11-21-22(15-20)26(5)12-13-28(16-19-8-9-19)23(18(26)2)24(21)29/h10-11,15,18-19,23,27H,6-9,12-14,16-17H2,1-5H3/t18-,23-,26+/m0/s1. The zero-order chi connectivity index (χ0) is 21.5. The summed E-state index contributed by atoms with van der Waals surface area (Å²) in [5, 5.41) is 3.66. The molecule has 0 radical (unpaired) electrons. The highest BCUT2D eigenvalue weighted by Gasteiger charge is 2.52. The fraction of sp³-hybridized carbons (Fsp3) is 0.731. The Morgan fingerprint density at radius 3 is 2.77 bits per heavy atom. The number of ketones is 1. The van der Waals surface area contributed by atoms with Gasteiger partial charge >= 0.3 is 0 Å². The molecule has 166 valence electrons. The number of rotatable bonds is 9. The molecule has 30 heavy (non-hydrogen) atoms. The van der Waals surface area contributed by atoms with E-state index >= 15 is 0 Å². The summed E-state index contributed by atoms with van der Waals surface area (Å²) in [4.78, 5) is 16.0. The van der Waals surface area contributed by atoms with Gasteiger partial charge in [0, 0.05) is 24.4 Å². The summed E-state index contributed by atoms with van der Waals surface area (Å²) in [5.41, 5.74) is 3.20. The van der Waals surface area contributed by atoms with Crippen molar-refractivity contribution in [2.24, 2.45) is 11.8 Å². The molecule has 0 amide bonds. The van der Waals surface area contributed by atoms with Crippen molar-refractivity contribution in [1.29, 1.82) is 0 Å². The van der Waals surface area contributed by atoms with Crippen LogP contribution >= 0.6 is 0 Å². The summed E-state index contributed by atoms with van der Waals surface area (Å²) >= 11 is 0. The van der Waals surface area contributed by atoms with Crippen LogP contribution in [0.4, 0.5) is 5.69 Å². The van der Waals surface area contributed by atoms with Gasteiger partial charge in [-0.2, -0.15) is 0 Å². The van der Waals surface area contributed by atoms with Crippen LogP contribution in [0.3, 0.4) is 0 Å². The van der Waals surface area contributed by atoms with Gasteiger partial charge in [0.05, 0.1) is 18.2 Å². The molecule has 3 aliphatic rings. The lowest BCUT2D eigenvalue weighted by Gasteiger charge is -2.53. The topological polar surface area (TPSA) is 41.6 Å². The van der Waals surface area contributed by atoms with Gasteiger partial charge in [-0.05, 0) is 87.1 Å². The number of likely N-dealkylation sites (tertiary alicyclic amines) is 1. The van der Waals surface area contributed by atoms with Crippen LogP contribution in [0.1, 0.15) is 82.6 Å². The molecule has 4 nitrogen and oxygen atoms in total. The van der Waals surface area contributed by atoms with Crippen molar-refractivity contribution in [3.8, 4) is 0 Å². The number of ether oxygens (including phenoxy) is 1. The third-order valence-corrected chi connectivity index (χ3v) is 7.74. The number of nitrogens with zero attached hydrogens (tertiary/aromatic N) is 1. The van der Waals surface area contributed by atoms with E-state index in [0.29, 0.717) is 18.3 Å². The van der Waals surface area contributed by atoms with E-state index in [1.807, 2.05) is 0 Å². The van der Waals surface area contributed by atoms with Gasteiger partial charge in [0.15, 0.2) is 5.78 Å². The molecule has 0 unspecified atom stereocenters. The molecule has 0 aromatic heterocycles. The minimum atomic E-state index is -0.149. The first-order valence-electron chi connectivity index (χ1n) is 12.0. The van der Waals surface area contributed by atoms with E-state index in [9.17, 15) is 4.79 Å². The van der Waals surface area contributed by atoms with Crippen molar-refractivity contribution < 1.29 is 9.53 Å². The second-order valence-corrected chi connectivity index (χ2v) is 10.9. The number of nitrogens with one attached hydrogen (secondary N) is 1. The lowest BCUT2D eigenvalue weighted by atomic mass is 9.58. The Labute approximate surface area is 182 Å². The van der Waals surface area contributed by atoms with E-state index in [1.54, 1.807) is 0 Å². The van der Waals surface area contributed by atoms with E-state index in [4.69, 9.17) is 4.74 Å². The van der Waals surface area contributed by atoms with Crippen molar-refractivity contribution in [3.05, 3.63) is 29.3 Å². The molecule has 1 aromatic rings. The maximum Gasteiger partial charge on any atom is 0.180 e. The summed E-state index contributed by atoms with van der Waals surface area (Å²) in [5.74, 6) is 1.51. The highest BCUT2D eigenvalue weighted by Crippen LogP contribution is 2.50. The minimum Gasteiger partial charge on any atom is -0.379 e. The average molecular weight is 413 g/mol. The number of carbonyl (C=O) groups excluding carboxylic acids is 1. The monoisotopic (exact) mass is 412 g/mol. The number of piperidine rings is 1. The van der Waals surface area contributed by atoms with Crippen molar-refractivity contribution in [1.82, 2.24) is 4.90 Å². The van der Waals surface area contributed by atoms with Gasteiger partial charge in [0.25, 0.3) is 0 Å². The summed E-state index contributed by atoms with van der Waals surface area (Å²) < 4.78 is 5.87. The Morgan fingerprint density at radius 2 is 2.07 bits per heavy atom. The van der Waals surface area contributed by atoms with E-state index in [1.165, 1.54) is 18.4 Å². The Bertz CT molecular complexity index is 785. The van der Waals surface area contributed by atoms with Gasteiger partial charge < -0.3 is 10.1 Å². The van der Waals surface area contributed by atoms with Crippen LogP contribution in [0.25, 0.3) is 0 Å². The number of carbonyl (C=O) groups is 1. The molecule has 1 N–H and O–H groups in total. The van der Waals surface area contributed by atoms with Crippen LogP contribution in [-0.2, 0) is 10.2 Å². The van der Waals surface area contributed by atoms with Gasteiger partial charge in [-0.25, -0.2) is 0 Å². The van der Waals surface area contributed by atoms with Crippen molar-refractivity contribution in [2.75, 3.05) is 31.6 Å². The molecule has 0 spiro atoms. The quantitative estimate of drug-likeness (QED) is 0.561. The molecule has 1 saturated heterocycles. The molecule has 1 aliphatic heterocycles. The first-order chi connectivity index (χ1) is 14.2. The Hall–Kier alpha value is -1.39. The van der Waals surface area contributed by atoms with Crippen LogP contribution in [0.15, 0.2) is 18.2 Å². The fourth-order valence-electron chi connectivity index (χ4n) is 5.49. The second-order valence-electron chi connectivity index (χ2n) is 10.9. The van der Waals surface area contributed by atoms with E-state index < -0.39 is 0 Å². The first kappa shape index (κ1) is 21.8. The maximum absolute atomic E-state index is 13.5. The third-order valence-electron chi connectivity index (χ3n) is 7.74. The third kappa shape index (κ3) is 4.18. The minimum absolute atomic E-state index is 0.0547. The van der Waals surface area contributed by atoms with Crippen LogP contribution in [0.2, 0.25) is 0 Å². The predicted molar refractivity (Wildman–Crippen MR) is 123 cm³/mol. The Morgan fingerprint density at radius 1 is 1.30 bits per heavy atom. The molecule has 2 aliphatic carbocycles. The van der Waals surface area contributed by atoms with E-state index in [2.05, 4.69) is 63.0 Å². The van der Waals surface area contributed by atoms with Gasteiger partial charge in [-0.3, -0.25) is 9.69 Å². The number of hydrogen-bond donors (Lipinski definition) is 1. The second kappa shape index (κ2) is 8.27. The Kier molecular flexibility index (Phi) is 6.02. The molecule has 1 saturated carbocycles. The number of fused-ring (bicyclic) bond motifs is 4.